The second kappa shape index (κ2) is 20.2. The molecule has 3 aliphatic heterocycles. The van der Waals surface area contributed by atoms with Crippen molar-refractivity contribution in [3.8, 4) is 0 Å². The molecule has 0 aromatic carbocycles. The van der Waals surface area contributed by atoms with Gasteiger partial charge >= 0.3 is 5.97 Å². The summed E-state index contributed by atoms with van der Waals surface area (Å²) in [5.41, 5.74) is -0.340. The van der Waals surface area contributed by atoms with Crippen LogP contribution in [0.5, 0.6) is 0 Å². The maximum atomic E-state index is 14.4. The number of nitrogens with zero attached hydrogens (tertiary/aromatic N) is 2. The van der Waals surface area contributed by atoms with Gasteiger partial charge in [-0.2, -0.15) is 0 Å². The molecule has 1 aliphatic carbocycles. The van der Waals surface area contributed by atoms with Crippen LogP contribution in [0, 0.1) is 35.0 Å². The SMILES string of the molecule is C=C1/C(=C\C)NC(=O)[C@]2(C)CCC(=N2)[C@@H]2C[C@@H](C)N2C(=O)[C@@H](CC(C)C)NC(=C)[C@H](C)NC(=O)[C@@H](O)CCC(=O)[C@H](C(C)C)C(C)C(=O)[C@H](C(=O)O)NC(=O)[C@]2(C)CCCCC12. The molecule has 2 fully saturated rings. The molecule has 15 heteroatoms. The lowest BCUT2D eigenvalue weighted by molar-refractivity contribution is -0.151. The van der Waals surface area contributed by atoms with Crippen LogP contribution in [0.3, 0.4) is 0 Å². The first-order valence-electron chi connectivity index (χ1n) is 22.5. The smallest absolute Gasteiger partial charge is 0.334 e. The van der Waals surface area contributed by atoms with Crippen LogP contribution in [0.4, 0.5) is 0 Å². The van der Waals surface area contributed by atoms with Crippen molar-refractivity contribution >= 4 is 46.9 Å². The van der Waals surface area contributed by atoms with Crippen LogP contribution in [-0.2, 0) is 33.6 Å². The maximum absolute atomic E-state index is 14.4. The number of hydrogen-bond acceptors (Lipinski definition) is 10. The van der Waals surface area contributed by atoms with Gasteiger partial charge in [0.2, 0.25) is 17.7 Å². The summed E-state index contributed by atoms with van der Waals surface area (Å²) < 4.78 is 0. The summed E-state index contributed by atoms with van der Waals surface area (Å²) in [7, 11) is 0. The molecular formula is C47H72N6O9. The molecule has 2 bridgehead atoms. The van der Waals surface area contributed by atoms with Crippen LogP contribution >= 0.6 is 0 Å². The van der Waals surface area contributed by atoms with Crippen LogP contribution in [0.1, 0.15) is 133 Å². The van der Waals surface area contributed by atoms with E-state index in [0.717, 1.165) is 12.1 Å². The predicted molar refractivity (Wildman–Crippen MR) is 236 cm³/mol. The standard InChI is InChI=1S/C47H72N6O9/c1-13-32-27(7)31-16-14-15-20-46(31,11)44(61)51-39(43(59)60)40(56)28(8)38(25(4)5)36(54)17-18-37(55)41(57)49-30(10)29(9)48-34(22-24(2)3)42(58)53-26(6)23-35(53)33-19-21-47(12,52-33)45(62)50-32/h13,24-26,28,30-31,34-35,37-39,48,55H,7,9,14-23H2,1-6,8,10-12H3,(H,49,57)(H,50,62)(H,51,61)(H,59,60)/b32-13+/t26-,28?,30+,31?,34-,35+,37+,38-,39-,46-,47+/m1/s1. The van der Waals surface area contributed by atoms with Gasteiger partial charge in [0.25, 0.3) is 5.91 Å². The van der Waals surface area contributed by atoms with E-state index >= 15 is 0 Å². The van der Waals surface area contributed by atoms with Crippen molar-refractivity contribution in [2.45, 2.75) is 175 Å². The van der Waals surface area contributed by atoms with Gasteiger partial charge in [0, 0.05) is 41.4 Å². The third-order valence-electron chi connectivity index (χ3n) is 13.9. The zero-order valence-electron chi connectivity index (χ0n) is 38.6. The van der Waals surface area contributed by atoms with Gasteiger partial charge in [-0.15, -0.1) is 0 Å². The number of carboxylic acids is 1. The molecular weight excluding hydrogens is 793 g/mol. The number of allylic oxidation sites excluding steroid dienone is 2. The number of aliphatic hydroxyl groups excluding tert-OH is 1. The maximum Gasteiger partial charge on any atom is 0.334 e. The lowest BCUT2D eigenvalue weighted by Gasteiger charge is -2.49. The van der Waals surface area contributed by atoms with E-state index in [1.165, 1.54) is 6.92 Å². The molecule has 1 saturated carbocycles. The van der Waals surface area contributed by atoms with E-state index < -0.39 is 88.2 Å². The number of fused-ring (bicyclic) bond motifs is 4. The number of carboxylic acid groups (broad SMARTS) is 1. The lowest BCUT2D eigenvalue weighted by Crippen LogP contribution is -2.64. The molecule has 4 amide bonds. The van der Waals surface area contributed by atoms with Gasteiger partial charge in [0.1, 0.15) is 23.5 Å². The van der Waals surface area contributed by atoms with Crippen molar-refractivity contribution in [3.05, 3.63) is 36.2 Å². The number of ketones is 2. The molecule has 62 heavy (non-hydrogen) atoms. The first-order chi connectivity index (χ1) is 28.9. The van der Waals surface area contributed by atoms with Gasteiger partial charge in [0.05, 0.1) is 17.5 Å². The minimum absolute atomic E-state index is 0.0851. The van der Waals surface area contributed by atoms with Crippen molar-refractivity contribution in [3.63, 3.8) is 0 Å². The summed E-state index contributed by atoms with van der Waals surface area (Å²) in [5, 5.41) is 32.8. The highest BCUT2D eigenvalue weighted by Crippen LogP contribution is 2.46. The Morgan fingerprint density at radius 3 is 2.18 bits per heavy atom. The Kier molecular flexibility index (Phi) is 16.3. The molecule has 2 unspecified atom stereocenters. The lowest BCUT2D eigenvalue weighted by atomic mass is 9.63. The Balaban J connectivity index is 1.73. The van der Waals surface area contributed by atoms with Gasteiger partial charge in [0.15, 0.2) is 11.8 Å². The minimum Gasteiger partial charge on any atom is -0.479 e. The van der Waals surface area contributed by atoms with Gasteiger partial charge in [-0.05, 0) is 96.0 Å². The van der Waals surface area contributed by atoms with Crippen molar-refractivity contribution in [2.24, 2.45) is 40.0 Å². The molecule has 0 aromatic heterocycles. The second-order valence-electron chi connectivity index (χ2n) is 19.4. The highest BCUT2D eigenvalue weighted by molar-refractivity contribution is 6.08. The Labute approximate surface area is 367 Å². The first-order valence-corrected chi connectivity index (χ1v) is 22.5. The normalized spacial score (nSPS) is 36.1. The Morgan fingerprint density at radius 1 is 0.935 bits per heavy atom. The zero-order valence-corrected chi connectivity index (χ0v) is 38.6. The van der Waals surface area contributed by atoms with Crippen LogP contribution in [0.15, 0.2) is 41.2 Å². The summed E-state index contributed by atoms with van der Waals surface area (Å²) in [6.07, 6.45) is 3.96. The van der Waals surface area contributed by atoms with E-state index in [1.807, 2.05) is 25.7 Å². The molecule has 0 radical (unpaired) electrons. The topological polar surface area (TPSA) is 224 Å². The van der Waals surface area contributed by atoms with Crippen molar-refractivity contribution in [2.75, 3.05) is 0 Å². The molecule has 15 nitrogen and oxygen atoms in total. The first kappa shape index (κ1) is 50.0. The van der Waals surface area contributed by atoms with Crippen molar-refractivity contribution in [1.82, 2.24) is 26.2 Å². The van der Waals surface area contributed by atoms with E-state index in [-0.39, 0.29) is 42.7 Å². The monoisotopic (exact) mass is 865 g/mol. The Morgan fingerprint density at radius 2 is 1.60 bits per heavy atom. The number of aliphatic imine (C=N–C) groups is 1. The number of aliphatic hydroxyl groups is 1. The quantitative estimate of drug-likeness (QED) is 0.217. The highest BCUT2D eigenvalue weighted by atomic mass is 16.4. The average Bonchev–Trinajstić information content (AvgIpc) is 3.60. The number of carbonyl (C=O) groups is 7. The molecule has 4 rings (SSSR count). The number of hydrogen-bond donors (Lipinski definition) is 6. The van der Waals surface area contributed by atoms with Crippen LogP contribution < -0.4 is 21.3 Å². The Hall–Kier alpha value is -4.66. The van der Waals surface area contributed by atoms with Gasteiger partial charge in [-0.25, -0.2) is 4.79 Å². The van der Waals surface area contributed by atoms with Crippen molar-refractivity contribution in [1.29, 1.82) is 0 Å². The average molecular weight is 865 g/mol. The van der Waals surface area contributed by atoms with Crippen LogP contribution in [0.2, 0.25) is 0 Å². The molecule has 344 valence electrons. The zero-order chi connectivity index (χ0) is 46.6. The fourth-order valence-electron chi connectivity index (χ4n) is 9.95. The highest BCUT2D eigenvalue weighted by Gasteiger charge is 2.50. The number of carbonyl (C=O) groups excluding carboxylic acids is 6. The summed E-state index contributed by atoms with van der Waals surface area (Å²) >= 11 is 0. The van der Waals surface area contributed by atoms with E-state index in [9.17, 15) is 43.8 Å². The largest absolute Gasteiger partial charge is 0.479 e. The van der Waals surface area contributed by atoms with Gasteiger partial charge in [-0.3, -0.25) is 33.8 Å². The minimum atomic E-state index is -1.95. The molecule has 0 aromatic rings. The van der Waals surface area contributed by atoms with Gasteiger partial charge < -0.3 is 36.4 Å². The van der Waals surface area contributed by atoms with E-state index in [2.05, 4.69) is 34.4 Å². The number of nitrogens with one attached hydrogen (secondary N) is 4. The summed E-state index contributed by atoms with van der Waals surface area (Å²) in [6.45, 7) is 26.3. The third-order valence-corrected chi connectivity index (χ3v) is 13.9. The number of Topliss-reactive ketones (excluding diaryl/α,β-unsaturated/α-hetero) is 2. The third kappa shape index (κ3) is 10.7. The van der Waals surface area contributed by atoms with E-state index in [4.69, 9.17) is 4.99 Å². The molecule has 1 saturated heterocycles. The molecule has 3 heterocycles. The predicted octanol–water partition coefficient (Wildman–Crippen LogP) is 4.54. The molecule has 0 spiro atoms. The van der Waals surface area contributed by atoms with Crippen LogP contribution in [-0.4, -0.2) is 104 Å². The van der Waals surface area contributed by atoms with E-state index in [0.29, 0.717) is 61.9 Å². The van der Waals surface area contributed by atoms with Gasteiger partial charge in [-0.1, -0.05) is 73.6 Å². The Bertz CT molecular complexity index is 1870. The van der Waals surface area contributed by atoms with Crippen molar-refractivity contribution < 1.29 is 43.8 Å². The summed E-state index contributed by atoms with van der Waals surface area (Å²) in [4.78, 5) is 103. The van der Waals surface area contributed by atoms with E-state index in [1.54, 1.807) is 47.6 Å². The number of rotatable bonds is 4. The fourth-order valence-corrected chi connectivity index (χ4v) is 9.95. The number of aliphatic carboxylic acids is 1. The van der Waals surface area contributed by atoms with Crippen LogP contribution in [0.25, 0.3) is 0 Å². The fraction of sp³-hybridized carbons (Fsp3) is 0.702. The number of amides is 4. The second-order valence-corrected chi connectivity index (χ2v) is 19.4. The summed E-state index contributed by atoms with van der Waals surface area (Å²) in [6, 6.07) is -3.76. The molecule has 6 N–H and O–H groups in total. The summed E-state index contributed by atoms with van der Waals surface area (Å²) in [5.74, 6) is -7.72. The molecule has 4 aliphatic rings. The molecule has 11 atom stereocenters.